The molecule has 0 spiro atoms. The zero-order valence-electron chi connectivity index (χ0n) is 9.35. The molecule has 2 aromatic carbocycles. The first-order chi connectivity index (χ1) is 8.62. The molecule has 18 heavy (non-hydrogen) atoms. The summed E-state index contributed by atoms with van der Waals surface area (Å²) in [5, 5.41) is 13.5. The summed E-state index contributed by atoms with van der Waals surface area (Å²) in [5.41, 5.74) is 0.198. The second-order valence-electron chi connectivity index (χ2n) is 4.22. The summed E-state index contributed by atoms with van der Waals surface area (Å²) < 4.78 is 0.860. The Morgan fingerprint density at radius 2 is 1.83 bits per heavy atom. The van der Waals surface area contributed by atoms with Gasteiger partial charge < -0.3 is 10.4 Å². The van der Waals surface area contributed by atoms with E-state index in [1.54, 1.807) is 36.4 Å². The Bertz CT molecular complexity index is 627. The zero-order chi connectivity index (χ0) is 12.8. The predicted octanol–water partition coefficient (Wildman–Crippen LogP) is 2.64. The highest BCUT2D eigenvalue weighted by Gasteiger charge is 2.46. The van der Waals surface area contributed by atoms with Gasteiger partial charge in [-0.05, 0) is 17.7 Å². The molecule has 0 saturated heterocycles. The van der Waals surface area contributed by atoms with E-state index in [2.05, 4.69) is 21.2 Å². The maximum Gasteiger partial charge on any atom is 0.265 e. The summed E-state index contributed by atoms with van der Waals surface area (Å²) in [4.78, 5) is 12.1. The minimum absolute atomic E-state index is 0.415. The number of rotatable bonds is 1. The van der Waals surface area contributed by atoms with E-state index in [4.69, 9.17) is 0 Å². The summed E-state index contributed by atoms with van der Waals surface area (Å²) >= 11 is 3.35. The molecule has 0 aromatic heterocycles. The second-order valence-corrected chi connectivity index (χ2v) is 5.14. The van der Waals surface area contributed by atoms with E-state index >= 15 is 0 Å². The van der Waals surface area contributed by atoms with Crippen molar-refractivity contribution < 1.29 is 9.90 Å². The van der Waals surface area contributed by atoms with Crippen molar-refractivity contribution in [2.75, 3.05) is 5.32 Å². The van der Waals surface area contributed by atoms with Crippen LogP contribution in [0.2, 0.25) is 0 Å². The van der Waals surface area contributed by atoms with Crippen molar-refractivity contribution >= 4 is 27.5 Å². The Balaban J connectivity index is 2.23. The van der Waals surface area contributed by atoms with Crippen LogP contribution in [0.15, 0.2) is 53.0 Å². The van der Waals surface area contributed by atoms with Gasteiger partial charge in [-0.3, -0.25) is 4.79 Å². The Kier molecular flexibility index (Phi) is 2.50. The Labute approximate surface area is 113 Å². The molecule has 1 atom stereocenters. The van der Waals surface area contributed by atoms with Crippen molar-refractivity contribution in [2.24, 2.45) is 0 Å². The molecule has 1 aliphatic heterocycles. The van der Waals surface area contributed by atoms with Crippen molar-refractivity contribution in [2.45, 2.75) is 5.60 Å². The van der Waals surface area contributed by atoms with Crippen LogP contribution < -0.4 is 5.32 Å². The molecule has 3 nitrogen and oxygen atoms in total. The third-order valence-corrected chi connectivity index (χ3v) is 3.63. The summed E-state index contributed by atoms with van der Waals surface area (Å²) in [6.07, 6.45) is 0. The van der Waals surface area contributed by atoms with Gasteiger partial charge >= 0.3 is 0 Å². The molecule has 1 amide bonds. The molecule has 1 aliphatic rings. The fourth-order valence-corrected chi connectivity index (χ4v) is 2.60. The fraction of sp³-hybridized carbons (Fsp3) is 0.0714. The smallest absolute Gasteiger partial charge is 0.265 e. The van der Waals surface area contributed by atoms with Gasteiger partial charge in [0.1, 0.15) is 0 Å². The fourth-order valence-electron chi connectivity index (χ4n) is 2.24. The van der Waals surface area contributed by atoms with Gasteiger partial charge in [0, 0.05) is 15.7 Å². The van der Waals surface area contributed by atoms with Crippen molar-refractivity contribution in [3.63, 3.8) is 0 Å². The predicted molar refractivity (Wildman–Crippen MR) is 72.2 cm³/mol. The van der Waals surface area contributed by atoms with Crippen molar-refractivity contribution in [1.82, 2.24) is 0 Å². The lowest BCUT2D eigenvalue weighted by atomic mass is 9.88. The third-order valence-electron chi connectivity index (χ3n) is 3.14. The molecule has 0 radical (unpaired) electrons. The zero-order valence-corrected chi connectivity index (χ0v) is 10.9. The van der Waals surface area contributed by atoms with Gasteiger partial charge in [-0.15, -0.1) is 0 Å². The summed E-state index contributed by atoms with van der Waals surface area (Å²) in [5.74, 6) is -0.415. The minimum Gasteiger partial charge on any atom is -0.372 e. The van der Waals surface area contributed by atoms with E-state index in [9.17, 15) is 9.90 Å². The number of anilines is 1. The average molecular weight is 304 g/mol. The first-order valence-electron chi connectivity index (χ1n) is 5.52. The number of carbonyl (C=O) groups is 1. The number of benzene rings is 2. The lowest BCUT2D eigenvalue weighted by molar-refractivity contribution is -0.129. The highest BCUT2D eigenvalue weighted by molar-refractivity contribution is 9.10. The number of fused-ring (bicyclic) bond motifs is 1. The first kappa shape index (κ1) is 11.4. The van der Waals surface area contributed by atoms with E-state index in [1.165, 1.54) is 0 Å². The monoisotopic (exact) mass is 303 g/mol. The highest BCUT2D eigenvalue weighted by Crippen LogP contribution is 2.41. The van der Waals surface area contributed by atoms with E-state index < -0.39 is 11.5 Å². The molecule has 3 rings (SSSR count). The number of hydrogen-bond donors (Lipinski definition) is 2. The van der Waals surface area contributed by atoms with Crippen LogP contribution in [0.3, 0.4) is 0 Å². The van der Waals surface area contributed by atoms with E-state index in [0.29, 0.717) is 16.8 Å². The van der Waals surface area contributed by atoms with E-state index in [0.717, 1.165) is 4.47 Å². The van der Waals surface area contributed by atoms with E-state index in [1.807, 2.05) is 12.1 Å². The molecule has 0 bridgehead atoms. The molecular weight excluding hydrogens is 294 g/mol. The van der Waals surface area contributed by atoms with Gasteiger partial charge in [-0.2, -0.15) is 0 Å². The van der Waals surface area contributed by atoms with Crippen molar-refractivity contribution in [1.29, 1.82) is 0 Å². The van der Waals surface area contributed by atoms with Crippen molar-refractivity contribution in [3.8, 4) is 0 Å². The highest BCUT2D eigenvalue weighted by atomic mass is 79.9. The Morgan fingerprint density at radius 1 is 1.11 bits per heavy atom. The summed E-state index contributed by atoms with van der Waals surface area (Å²) in [6.45, 7) is 0. The van der Waals surface area contributed by atoms with Crippen LogP contribution in [0.25, 0.3) is 0 Å². The Hall–Kier alpha value is -1.65. The van der Waals surface area contributed by atoms with Gasteiger partial charge in [0.05, 0.1) is 0 Å². The molecule has 0 aliphatic carbocycles. The SMILES string of the molecule is O=C1Nc2cc(Br)ccc2C1(O)c1ccccc1. The molecule has 0 saturated carbocycles. The van der Waals surface area contributed by atoms with Crippen LogP contribution in [0.4, 0.5) is 5.69 Å². The van der Waals surface area contributed by atoms with Gasteiger partial charge in [0.2, 0.25) is 0 Å². The minimum atomic E-state index is -1.60. The quantitative estimate of drug-likeness (QED) is 0.851. The molecule has 1 unspecified atom stereocenters. The molecule has 2 N–H and O–H groups in total. The van der Waals surface area contributed by atoms with Crippen LogP contribution in [-0.2, 0) is 10.4 Å². The molecule has 2 aromatic rings. The number of halogens is 1. The summed E-state index contributed by atoms with van der Waals surface area (Å²) in [6, 6.07) is 14.3. The maximum atomic E-state index is 12.1. The molecule has 1 heterocycles. The van der Waals surface area contributed by atoms with Crippen LogP contribution in [-0.4, -0.2) is 11.0 Å². The largest absolute Gasteiger partial charge is 0.372 e. The lowest BCUT2D eigenvalue weighted by Crippen LogP contribution is -2.35. The second kappa shape index (κ2) is 3.93. The average Bonchev–Trinajstić information content (AvgIpc) is 2.63. The van der Waals surface area contributed by atoms with Gasteiger partial charge in [-0.25, -0.2) is 0 Å². The summed E-state index contributed by atoms with van der Waals surface area (Å²) in [7, 11) is 0. The topological polar surface area (TPSA) is 49.3 Å². The number of aliphatic hydroxyl groups is 1. The normalized spacial score (nSPS) is 21.6. The van der Waals surface area contributed by atoms with Gasteiger partial charge in [0.15, 0.2) is 5.60 Å². The number of hydrogen-bond acceptors (Lipinski definition) is 2. The number of carbonyl (C=O) groups excluding carboxylic acids is 1. The number of nitrogens with one attached hydrogen (secondary N) is 1. The van der Waals surface area contributed by atoms with Gasteiger partial charge in [0.25, 0.3) is 5.91 Å². The van der Waals surface area contributed by atoms with Crippen LogP contribution in [0.5, 0.6) is 0 Å². The lowest BCUT2D eigenvalue weighted by Gasteiger charge is -2.21. The third kappa shape index (κ3) is 1.50. The first-order valence-corrected chi connectivity index (χ1v) is 6.31. The van der Waals surface area contributed by atoms with E-state index in [-0.39, 0.29) is 0 Å². The molecular formula is C14H10BrNO2. The van der Waals surface area contributed by atoms with Crippen molar-refractivity contribution in [3.05, 3.63) is 64.1 Å². The Morgan fingerprint density at radius 3 is 2.56 bits per heavy atom. The van der Waals surface area contributed by atoms with Crippen LogP contribution in [0.1, 0.15) is 11.1 Å². The number of amides is 1. The van der Waals surface area contributed by atoms with Gasteiger partial charge in [-0.1, -0.05) is 52.3 Å². The van der Waals surface area contributed by atoms with Crippen LogP contribution in [0, 0.1) is 0 Å². The standard InChI is InChI=1S/C14H10BrNO2/c15-10-6-7-11-12(8-10)16-13(17)14(11,18)9-4-2-1-3-5-9/h1-8,18H,(H,16,17). The molecule has 4 heteroatoms. The molecule has 0 fully saturated rings. The van der Waals surface area contributed by atoms with Crippen LogP contribution >= 0.6 is 15.9 Å². The molecule has 90 valence electrons. The maximum absolute atomic E-state index is 12.1.